The number of aromatic nitrogens is 2. The van der Waals surface area contributed by atoms with Crippen LogP contribution in [0, 0.1) is 0 Å². The monoisotopic (exact) mass is 331 g/mol. The van der Waals surface area contributed by atoms with Crippen molar-refractivity contribution in [3.63, 3.8) is 0 Å². The highest BCUT2D eigenvalue weighted by Crippen LogP contribution is 2.23. The summed E-state index contributed by atoms with van der Waals surface area (Å²) in [6, 6.07) is 3.27. The van der Waals surface area contributed by atoms with Crippen LogP contribution in [0.2, 0.25) is 0 Å². The molecule has 0 spiro atoms. The van der Waals surface area contributed by atoms with Crippen molar-refractivity contribution in [2.75, 3.05) is 75.8 Å². The molecule has 3 aliphatic rings. The summed E-state index contributed by atoms with van der Waals surface area (Å²) in [5.41, 5.74) is 0. The van der Waals surface area contributed by atoms with Crippen molar-refractivity contribution in [2.45, 2.75) is 19.0 Å². The van der Waals surface area contributed by atoms with Crippen LogP contribution < -0.4 is 15.1 Å². The third-order valence-corrected chi connectivity index (χ3v) is 5.54. The van der Waals surface area contributed by atoms with Crippen LogP contribution in [-0.2, 0) is 0 Å². The average Bonchev–Trinajstić information content (AvgIpc) is 2.62. The normalized spacial score (nSPS) is 29.6. The molecule has 7 nitrogen and oxygen atoms in total. The van der Waals surface area contributed by atoms with Crippen molar-refractivity contribution >= 4 is 11.8 Å². The minimum absolute atomic E-state index is 0.582. The van der Waals surface area contributed by atoms with E-state index in [4.69, 9.17) is 4.98 Å². The minimum Gasteiger partial charge on any atom is -0.354 e. The Morgan fingerprint density at radius 3 is 2.71 bits per heavy atom. The summed E-state index contributed by atoms with van der Waals surface area (Å²) in [4.78, 5) is 19.3. The van der Waals surface area contributed by atoms with Gasteiger partial charge in [0.1, 0.15) is 5.82 Å². The van der Waals surface area contributed by atoms with Gasteiger partial charge in [0.2, 0.25) is 5.95 Å². The maximum Gasteiger partial charge on any atom is 0.227 e. The molecule has 1 aromatic heterocycles. The summed E-state index contributed by atoms with van der Waals surface area (Å²) >= 11 is 0. The molecule has 3 aliphatic heterocycles. The van der Waals surface area contributed by atoms with Gasteiger partial charge in [-0.05, 0) is 20.0 Å². The van der Waals surface area contributed by atoms with Gasteiger partial charge in [0, 0.05) is 77.2 Å². The summed E-state index contributed by atoms with van der Waals surface area (Å²) in [6.45, 7) is 11.9. The van der Waals surface area contributed by atoms with Crippen LogP contribution in [0.25, 0.3) is 0 Å². The Bertz CT molecular complexity index is 560. The van der Waals surface area contributed by atoms with Crippen LogP contribution in [0.3, 0.4) is 0 Å². The first-order valence-corrected chi connectivity index (χ1v) is 9.18. The van der Waals surface area contributed by atoms with Gasteiger partial charge in [0.25, 0.3) is 0 Å². The zero-order valence-corrected chi connectivity index (χ0v) is 14.9. The van der Waals surface area contributed by atoms with E-state index in [-0.39, 0.29) is 0 Å². The van der Waals surface area contributed by atoms with E-state index in [9.17, 15) is 0 Å². The molecule has 4 heterocycles. The van der Waals surface area contributed by atoms with Crippen LogP contribution in [0.1, 0.15) is 6.92 Å². The summed E-state index contributed by atoms with van der Waals surface area (Å²) in [7, 11) is 2.23. The molecule has 24 heavy (non-hydrogen) atoms. The van der Waals surface area contributed by atoms with Gasteiger partial charge in [-0.1, -0.05) is 0 Å². The number of rotatable bonds is 2. The average molecular weight is 331 g/mol. The van der Waals surface area contributed by atoms with Crippen LogP contribution in [-0.4, -0.2) is 97.8 Å². The molecule has 4 rings (SSSR count). The molecule has 2 unspecified atom stereocenters. The van der Waals surface area contributed by atoms with E-state index in [1.165, 1.54) is 6.54 Å². The maximum atomic E-state index is 4.88. The van der Waals surface area contributed by atoms with Gasteiger partial charge in [-0.2, -0.15) is 4.98 Å². The standard InChI is InChI=1S/C17H29N7/c1-14-11-21(2)12-15-13-23(9-10-24(14)15)17-19-4-3-16(20-17)22-7-5-18-6-8-22/h3-4,14-15,18H,5-13H2,1-2H3. The number of nitrogens with one attached hydrogen (secondary N) is 1. The van der Waals surface area contributed by atoms with E-state index in [1.807, 2.05) is 12.3 Å². The molecule has 0 amide bonds. The lowest BCUT2D eigenvalue weighted by molar-refractivity contribution is 0.0356. The van der Waals surface area contributed by atoms with Crippen molar-refractivity contribution in [3.8, 4) is 0 Å². The van der Waals surface area contributed by atoms with E-state index in [0.29, 0.717) is 12.1 Å². The lowest BCUT2D eigenvalue weighted by atomic mass is 10.0. The number of hydrogen-bond acceptors (Lipinski definition) is 7. The second-order valence-corrected chi connectivity index (χ2v) is 7.36. The highest BCUT2D eigenvalue weighted by atomic mass is 15.4. The lowest BCUT2D eigenvalue weighted by Gasteiger charge is -2.49. The Hall–Kier alpha value is -1.44. The van der Waals surface area contributed by atoms with Gasteiger partial charge < -0.3 is 20.0 Å². The largest absolute Gasteiger partial charge is 0.354 e. The van der Waals surface area contributed by atoms with Crippen LogP contribution >= 0.6 is 0 Å². The van der Waals surface area contributed by atoms with Gasteiger partial charge in [-0.25, -0.2) is 4.98 Å². The summed E-state index contributed by atoms with van der Waals surface area (Å²) in [5, 5.41) is 3.40. The van der Waals surface area contributed by atoms with E-state index in [0.717, 1.165) is 64.1 Å². The maximum absolute atomic E-state index is 4.88. The highest BCUT2D eigenvalue weighted by Gasteiger charge is 2.35. The fourth-order valence-electron chi connectivity index (χ4n) is 4.35. The SMILES string of the molecule is CC1CN(C)CC2CN(c3nccc(N4CCNCC4)n3)CCN12. The lowest BCUT2D eigenvalue weighted by Crippen LogP contribution is -2.64. The minimum atomic E-state index is 0.582. The van der Waals surface area contributed by atoms with Gasteiger partial charge in [-0.3, -0.25) is 4.90 Å². The first kappa shape index (κ1) is 16.1. The Morgan fingerprint density at radius 2 is 1.88 bits per heavy atom. The first-order chi connectivity index (χ1) is 11.7. The van der Waals surface area contributed by atoms with E-state index >= 15 is 0 Å². The second-order valence-electron chi connectivity index (χ2n) is 7.36. The van der Waals surface area contributed by atoms with Gasteiger partial charge >= 0.3 is 0 Å². The van der Waals surface area contributed by atoms with Crippen molar-refractivity contribution in [2.24, 2.45) is 0 Å². The third kappa shape index (κ3) is 3.20. The zero-order chi connectivity index (χ0) is 16.5. The number of nitrogens with zero attached hydrogens (tertiary/aromatic N) is 6. The smallest absolute Gasteiger partial charge is 0.227 e. The summed E-state index contributed by atoms with van der Waals surface area (Å²) in [5.74, 6) is 1.96. The molecule has 0 bridgehead atoms. The van der Waals surface area contributed by atoms with Gasteiger partial charge in [-0.15, -0.1) is 0 Å². The van der Waals surface area contributed by atoms with Crippen molar-refractivity contribution < 1.29 is 0 Å². The number of piperazine rings is 3. The Labute approximate surface area is 144 Å². The van der Waals surface area contributed by atoms with E-state index in [1.54, 1.807) is 0 Å². The molecule has 1 aromatic rings. The quantitative estimate of drug-likeness (QED) is 0.799. The Balaban J connectivity index is 1.48. The van der Waals surface area contributed by atoms with E-state index in [2.05, 4.69) is 43.9 Å². The topological polar surface area (TPSA) is 50.8 Å². The van der Waals surface area contributed by atoms with Gasteiger partial charge in [0.15, 0.2) is 0 Å². The molecular weight excluding hydrogens is 302 g/mol. The Morgan fingerprint density at radius 1 is 1.04 bits per heavy atom. The molecule has 0 aromatic carbocycles. The molecule has 0 radical (unpaired) electrons. The van der Waals surface area contributed by atoms with Crippen LogP contribution in [0.15, 0.2) is 12.3 Å². The zero-order valence-electron chi connectivity index (χ0n) is 14.9. The predicted octanol–water partition coefficient (Wildman–Crippen LogP) is -0.289. The number of likely N-dealkylation sites (N-methyl/N-ethyl adjacent to an activating group) is 1. The first-order valence-electron chi connectivity index (χ1n) is 9.18. The fraction of sp³-hybridized carbons (Fsp3) is 0.765. The molecule has 132 valence electrons. The van der Waals surface area contributed by atoms with Crippen molar-refractivity contribution in [1.29, 1.82) is 0 Å². The number of fused-ring (bicyclic) bond motifs is 1. The van der Waals surface area contributed by atoms with E-state index < -0.39 is 0 Å². The van der Waals surface area contributed by atoms with Crippen molar-refractivity contribution in [3.05, 3.63) is 12.3 Å². The Kier molecular flexibility index (Phi) is 4.56. The van der Waals surface area contributed by atoms with Gasteiger partial charge in [0.05, 0.1) is 0 Å². The molecule has 0 saturated carbocycles. The van der Waals surface area contributed by atoms with Crippen molar-refractivity contribution in [1.82, 2.24) is 25.1 Å². The predicted molar refractivity (Wildman–Crippen MR) is 96.8 cm³/mol. The van der Waals surface area contributed by atoms with Crippen LogP contribution in [0.5, 0.6) is 0 Å². The summed E-state index contributed by atoms with van der Waals surface area (Å²) in [6.07, 6.45) is 1.92. The molecular formula is C17H29N7. The molecule has 3 saturated heterocycles. The van der Waals surface area contributed by atoms with Crippen LogP contribution in [0.4, 0.5) is 11.8 Å². The molecule has 2 atom stereocenters. The highest BCUT2D eigenvalue weighted by molar-refractivity contribution is 5.44. The molecule has 1 N–H and O–H groups in total. The second kappa shape index (κ2) is 6.82. The number of hydrogen-bond donors (Lipinski definition) is 1. The summed E-state index contributed by atoms with van der Waals surface area (Å²) < 4.78 is 0. The third-order valence-electron chi connectivity index (χ3n) is 5.54. The number of anilines is 2. The fourth-order valence-corrected chi connectivity index (χ4v) is 4.35. The molecule has 3 fully saturated rings. The molecule has 0 aliphatic carbocycles. The molecule has 7 heteroatoms.